The van der Waals surface area contributed by atoms with E-state index in [1.807, 2.05) is 31.2 Å². The number of rotatable bonds is 5. The van der Waals surface area contributed by atoms with Gasteiger partial charge < -0.3 is 9.47 Å². The molecule has 0 radical (unpaired) electrons. The molecule has 116 valence electrons. The lowest BCUT2D eigenvalue weighted by molar-refractivity contribution is 0.355. The second-order valence-electron chi connectivity index (χ2n) is 4.73. The molecule has 0 heterocycles. The summed E-state index contributed by atoms with van der Waals surface area (Å²) >= 11 is 12.2. The van der Waals surface area contributed by atoms with Crippen LogP contribution in [0.2, 0.25) is 10.0 Å². The number of hydrogen-bond acceptors (Lipinski definition) is 3. The Morgan fingerprint density at radius 2 is 1.73 bits per heavy atom. The van der Waals surface area contributed by atoms with E-state index in [1.165, 1.54) is 0 Å². The zero-order chi connectivity index (χ0) is 16.1. The zero-order valence-electron chi connectivity index (χ0n) is 12.6. The average molecular weight is 338 g/mol. The van der Waals surface area contributed by atoms with Crippen LogP contribution in [-0.4, -0.2) is 20.4 Å². The quantitative estimate of drug-likeness (QED) is 0.703. The molecular formula is C17H17Cl2NO2. The first-order valence-corrected chi connectivity index (χ1v) is 7.51. The number of methoxy groups -OCH3 is 2. The first-order chi connectivity index (χ1) is 10.5. The Morgan fingerprint density at radius 1 is 1.00 bits per heavy atom. The second kappa shape index (κ2) is 7.52. The van der Waals surface area contributed by atoms with Crippen molar-refractivity contribution in [1.82, 2.24) is 0 Å². The minimum Gasteiger partial charge on any atom is -0.493 e. The topological polar surface area (TPSA) is 30.8 Å². The summed E-state index contributed by atoms with van der Waals surface area (Å²) in [6.45, 7) is 1.97. The number of benzene rings is 2. The van der Waals surface area contributed by atoms with Crippen molar-refractivity contribution < 1.29 is 9.47 Å². The van der Waals surface area contributed by atoms with Crippen LogP contribution >= 0.6 is 23.2 Å². The van der Waals surface area contributed by atoms with Crippen LogP contribution in [0.3, 0.4) is 0 Å². The number of nitrogens with zero attached hydrogens (tertiary/aromatic N) is 1. The van der Waals surface area contributed by atoms with Crippen molar-refractivity contribution in [2.75, 3.05) is 14.2 Å². The molecule has 22 heavy (non-hydrogen) atoms. The summed E-state index contributed by atoms with van der Waals surface area (Å²) in [4.78, 5) is 4.53. The average Bonchev–Trinajstić information content (AvgIpc) is 2.54. The Balaban J connectivity index is 2.22. The van der Waals surface area contributed by atoms with Gasteiger partial charge in [0.1, 0.15) is 0 Å². The van der Waals surface area contributed by atoms with Crippen molar-refractivity contribution in [2.24, 2.45) is 4.99 Å². The van der Waals surface area contributed by atoms with Crippen LogP contribution in [0.5, 0.6) is 11.5 Å². The first kappa shape index (κ1) is 16.7. The molecule has 0 bridgehead atoms. The van der Waals surface area contributed by atoms with Crippen molar-refractivity contribution in [3.8, 4) is 11.5 Å². The van der Waals surface area contributed by atoms with Crippen LogP contribution in [0, 0.1) is 0 Å². The van der Waals surface area contributed by atoms with Crippen molar-refractivity contribution in [2.45, 2.75) is 13.0 Å². The molecule has 1 atom stereocenters. The molecule has 0 saturated carbocycles. The predicted octanol–water partition coefficient (Wildman–Crippen LogP) is 5.19. The highest BCUT2D eigenvalue weighted by molar-refractivity contribution is 6.33. The predicted molar refractivity (Wildman–Crippen MR) is 92.0 cm³/mol. The fourth-order valence-electron chi connectivity index (χ4n) is 2.05. The van der Waals surface area contributed by atoms with Gasteiger partial charge in [-0.15, -0.1) is 0 Å². The number of ether oxygens (including phenoxy) is 2. The lowest BCUT2D eigenvalue weighted by Crippen LogP contribution is -1.94. The minimum atomic E-state index is -0.0979. The van der Waals surface area contributed by atoms with E-state index in [1.54, 1.807) is 32.6 Å². The molecule has 2 aromatic rings. The molecule has 1 unspecified atom stereocenters. The molecule has 0 saturated heterocycles. The van der Waals surface area contributed by atoms with E-state index >= 15 is 0 Å². The minimum absolute atomic E-state index is 0.0979. The molecule has 0 N–H and O–H groups in total. The van der Waals surface area contributed by atoms with Crippen LogP contribution in [0.4, 0.5) is 0 Å². The maximum Gasteiger partial charge on any atom is 0.161 e. The number of hydrogen-bond donors (Lipinski definition) is 0. The van der Waals surface area contributed by atoms with E-state index in [2.05, 4.69) is 4.99 Å². The maximum absolute atomic E-state index is 6.19. The lowest BCUT2D eigenvalue weighted by atomic mass is 10.1. The summed E-state index contributed by atoms with van der Waals surface area (Å²) < 4.78 is 10.5. The summed E-state index contributed by atoms with van der Waals surface area (Å²) in [6.07, 6.45) is 1.78. The normalized spacial score (nSPS) is 12.4. The molecule has 2 aromatic carbocycles. The lowest BCUT2D eigenvalue weighted by Gasteiger charge is -2.10. The summed E-state index contributed by atoms with van der Waals surface area (Å²) in [5, 5.41) is 1.30. The van der Waals surface area contributed by atoms with Gasteiger partial charge in [0.2, 0.25) is 0 Å². The van der Waals surface area contributed by atoms with Crippen LogP contribution in [0.1, 0.15) is 24.1 Å². The molecule has 0 amide bonds. The van der Waals surface area contributed by atoms with E-state index in [9.17, 15) is 0 Å². The van der Waals surface area contributed by atoms with Gasteiger partial charge in [-0.2, -0.15) is 0 Å². The molecule has 5 heteroatoms. The summed E-state index contributed by atoms with van der Waals surface area (Å²) in [7, 11) is 3.21. The van der Waals surface area contributed by atoms with Gasteiger partial charge in [0.25, 0.3) is 0 Å². The third-order valence-electron chi connectivity index (χ3n) is 3.26. The van der Waals surface area contributed by atoms with Crippen LogP contribution < -0.4 is 9.47 Å². The molecule has 0 aliphatic heterocycles. The van der Waals surface area contributed by atoms with Gasteiger partial charge in [0.05, 0.1) is 20.3 Å². The molecule has 2 rings (SSSR count). The molecule has 0 spiro atoms. The van der Waals surface area contributed by atoms with E-state index in [-0.39, 0.29) is 6.04 Å². The Labute approximate surface area is 140 Å². The summed E-state index contributed by atoms with van der Waals surface area (Å²) in [5.74, 6) is 1.35. The van der Waals surface area contributed by atoms with E-state index < -0.39 is 0 Å². The Morgan fingerprint density at radius 3 is 2.41 bits per heavy atom. The molecule has 0 aliphatic carbocycles. The van der Waals surface area contributed by atoms with Gasteiger partial charge in [0.15, 0.2) is 11.5 Å². The Bertz CT molecular complexity index is 686. The van der Waals surface area contributed by atoms with Crippen LogP contribution in [0.25, 0.3) is 0 Å². The Hall–Kier alpha value is -1.71. The van der Waals surface area contributed by atoms with Crippen molar-refractivity contribution >= 4 is 29.4 Å². The van der Waals surface area contributed by atoms with E-state index in [0.29, 0.717) is 21.5 Å². The Kier molecular flexibility index (Phi) is 5.69. The second-order valence-corrected chi connectivity index (χ2v) is 5.58. The highest BCUT2D eigenvalue weighted by atomic mass is 35.5. The highest BCUT2D eigenvalue weighted by Crippen LogP contribution is 2.29. The number of halogens is 2. The van der Waals surface area contributed by atoms with Crippen molar-refractivity contribution in [3.05, 3.63) is 57.6 Å². The smallest absolute Gasteiger partial charge is 0.161 e. The zero-order valence-corrected chi connectivity index (χ0v) is 14.2. The molecule has 0 fully saturated rings. The van der Waals surface area contributed by atoms with Crippen LogP contribution in [0.15, 0.2) is 41.4 Å². The summed E-state index contributed by atoms with van der Waals surface area (Å²) in [6, 6.07) is 10.9. The van der Waals surface area contributed by atoms with Gasteiger partial charge in [0, 0.05) is 16.3 Å². The third kappa shape index (κ3) is 3.93. The molecular weight excluding hydrogens is 321 g/mol. The molecule has 3 nitrogen and oxygen atoms in total. The van der Waals surface area contributed by atoms with Crippen molar-refractivity contribution in [3.63, 3.8) is 0 Å². The molecule has 0 aromatic heterocycles. The largest absolute Gasteiger partial charge is 0.493 e. The third-order valence-corrected chi connectivity index (χ3v) is 3.84. The maximum atomic E-state index is 6.19. The first-order valence-electron chi connectivity index (χ1n) is 6.75. The van der Waals surface area contributed by atoms with E-state index in [4.69, 9.17) is 32.7 Å². The van der Waals surface area contributed by atoms with Gasteiger partial charge in [-0.1, -0.05) is 23.2 Å². The van der Waals surface area contributed by atoms with Gasteiger partial charge in [-0.05, 0) is 54.4 Å². The van der Waals surface area contributed by atoms with E-state index in [0.717, 1.165) is 11.1 Å². The van der Waals surface area contributed by atoms with Gasteiger partial charge in [-0.3, -0.25) is 4.99 Å². The van der Waals surface area contributed by atoms with Gasteiger partial charge in [-0.25, -0.2) is 0 Å². The number of aliphatic imine (C=N–C) groups is 1. The van der Waals surface area contributed by atoms with Gasteiger partial charge >= 0.3 is 0 Å². The molecule has 0 aliphatic rings. The summed E-state index contributed by atoms with van der Waals surface area (Å²) in [5.41, 5.74) is 1.81. The monoisotopic (exact) mass is 337 g/mol. The van der Waals surface area contributed by atoms with Crippen molar-refractivity contribution in [1.29, 1.82) is 0 Å². The fraction of sp³-hybridized carbons (Fsp3) is 0.235. The SMILES string of the molecule is COc1ccc(C=NC(C)c2cc(Cl)ccc2Cl)cc1OC. The standard InChI is InChI=1S/C17H17Cl2NO2/c1-11(14-9-13(18)5-6-15(14)19)20-10-12-4-7-16(21-2)17(8-12)22-3/h4-11H,1-3H3. The highest BCUT2D eigenvalue weighted by Gasteiger charge is 2.09. The van der Waals surface area contributed by atoms with Crippen LogP contribution in [-0.2, 0) is 0 Å². The fourth-order valence-corrected chi connectivity index (χ4v) is 2.50.